The molecule has 1 aromatic heterocycles. The van der Waals surface area contributed by atoms with E-state index in [9.17, 15) is 5.11 Å². The number of rotatable bonds is 10. The van der Waals surface area contributed by atoms with E-state index in [4.69, 9.17) is 4.74 Å². The van der Waals surface area contributed by atoms with Gasteiger partial charge in [0.15, 0.2) is 0 Å². The highest BCUT2D eigenvalue weighted by Crippen LogP contribution is 2.32. The lowest BCUT2D eigenvalue weighted by Crippen LogP contribution is -2.48. The van der Waals surface area contributed by atoms with Crippen LogP contribution >= 0.6 is 0 Å². The summed E-state index contributed by atoms with van der Waals surface area (Å²) in [6.45, 7) is 5.97. The topological polar surface area (TPSA) is 40.9 Å². The number of benzene rings is 2. The van der Waals surface area contributed by atoms with Crippen LogP contribution in [0.2, 0.25) is 0 Å². The molecule has 0 radical (unpaired) electrons. The summed E-state index contributed by atoms with van der Waals surface area (Å²) in [5.41, 5.74) is 5.09. The molecule has 38 heavy (non-hydrogen) atoms. The first-order chi connectivity index (χ1) is 18.6. The lowest BCUT2D eigenvalue weighted by atomic mass is 9.84. The molecule has 3 aromatic rings. The lowest BCUT2D eigenvalue weighted by Gasteiger charge is -2.35. The van der Waals surface area contributed by atoms with Crippen molar-refractivity contribution in [3.05, 3.63) is 89.2 Å². The first-order valence-corrected chi connectivity index (χ1v) is 14.4. The van der Waals surface area contributed by atoms with Gasteiger partial charge in [-0.25, -0.2) is 0 Å². The van der Waals surface area contributed by atoms with Crippen molar-refractivity contribution in [3.8, 4) is 5.75 Å². The summed E-state index contributed by atoms with van der Waals surface area (Å²) in [6, 6.07) is 21.5. The second-order valence-corrected chi connectivity index (χ2v) is 11.0. The number of aromatic nitrogens is 1. The molecule has 0 bridgehead atoms. The highest BCUT2D eigenvalue weighted by Gasteiger charge is 2.20. The van der Waals surface area contributed by atoms with Crippen molar-refractivity contribution in [2.75, 3.05) is 39.3 Å². The third kappa shape index (κ3) is 7.37. The maximum absolute atomic E-state index is 10.7. The fraction of sp³-hybridized carbons (Fsp3) is 0.455. The first kappa shape index (κ1) is 26.7. The van der Waals surface area contributed by atoms with Crippen molar-refractivity contribution >= 4 is 12.2 Å². The highest BCUT2D eigenvalue weighted by molar-refractivity contribution is 5.71. The number of β-amino-alcohol motifs (C(OH)–C–C–N with tert-alkyl or cyclic N) is 1. The van der Waals surface area contributed by atoms with E-state index in [0.717, 1.165) is 55.6 Å². The smallest absolute Gasteiger partial charge is 0.126 e. The minimum atomic E-state index is -0.515. The Kier molecular flexibility index (Phi) is 9.34. The van der Waals surface area contributed by atoms with Gasteiger partial charge in [-0.05, 0) is 60.2 Å². The van der Waals surface area contributed by atoms with E-state index < -0.39 is 6.10 Å². The van der Waals surface area contributed by atoms with Gasteiger partial charge in [-0.3, -0.25) is 9.80 Å². The van der Waals surface area contributed by atoms with E-state index >= 15 is 0 Å². The zero-order valence-electron chi connectivity index (χ0n) is 22.8. The number of aliphatic hydroxyl groups is 1. The first-order valence-electron chi connectivity index (χ1n) is 14.4. The zero-order chi connectivity index (χ0) is 26.2. The third-order valence-corrected chi connectivity index (χ3v) is 8.16. The summed E-state index contributed by atoms with van der Waals surface area (Å²) in [7, 11) is 2.03. The Labute approximate surface area is 228 Å². The summed E-state index contributed by atoms with van der Waals surface area (Å²) in [6.07, 6.45) is 12.6. The number of hydrogen-bond acceptors (Lipinski definition) is 4. The molecule has 2 fully saturated rings. The van der Waals surface area contributed by atoms with Crippen LogP contribution in [-0.4, -0.2) is 64.9 Å². The van der Waals surface area contributed by atoms with Gasteiger partial charge in [-0.15, -0.1) is 0 Å². The van der Waals surface area contributed by atoms with E-state index in [1.807, 2.05) is 43.6 Å². The van der Waals surface area contributed by atoms with Crippen molar-refractivity contribution < 1.29 is 9.84 Å². The van der Waals surface area contributed by atoms with Crippen LogP contribution in [0, 0.1) is 0 Å². The largest absolute Gasteiger partial charge is 0.490 e. The number of para-hydroxylation sites is 1. The van der Waals surface area contributed by atoms with Crippen LogP contribution in [0.25, 0.3) is 12.2 Å². The Hall–Kier alpha value is -2.86. The quantitative estimate of drug-likeness (QED) is 0.372. The van der Waals surface area contributed by atoms with Crippen molar-refractivity contribution in [2.24, 2.45) is 7.05 Å². The molecule has 0 spiro atoms. The molecule has 1 unspecified atom stereocenters. The maximum atomic E-state index is 10.7. The van der Waals surface area contributed by atoms with Gasteiger partial charge in [0.25, 0.3) is 0 Å². The molecule has 2 heterocycles. The number of nitrogens with zero attached hydrogens (tertiary/aromatic N) is 3. The summed E-state index contributed by atoms with van der Waals surface area (Å²) in [4.78, 5) is 4.89. The Balaban J connectivity index is 1.04. The minimum absolute atomic E-state index is 0.294. The highest BCUT2D eigenvalue weighted by atomic mass is 16.5. The van der Waals surface area contributed by atoms with Crippen LogP contribution in [0.4, 0.5) is 0 Å². The molecule has 0 amide bonds. The van der Waals surface area contributed by atoms with Gasteiger partial charge in [0.1, 0.15) is 18.5 Å². The van der Waals surface area contributed by atoms with Crippen LogP contribution in [0.15, 0.2) is 66.9 Å². The summed E-state index contributed by atoms with van der Waals surface area (Å²) in [5, 5.41) is 10.7. The van der Waals surface area contributed by atoms with Crippen molar-refractivity contribution in [3.63, 3.8) is 0 Å². The van der Waals surface area contributed by atoms with Gasteiger partial charge in [-0.2, -0.15) is 0 Å². The molecule has 202 valence electrons. The van der Waals surface area contributed by atoms with Gasteiger partial charge in [-0.1, -0.05) is 61.7 Å². The normalized spacial score (nSPS) is 18.7. The molecule has 1 saturated carbocycles. The number of aliphatic hydroxyl groups excluding tert-OH is 1. The Morgan fingerprint density at radius 3 is 2.34 bits per heavy atom. The second-order valence-electron chi connectivity index (χ2n) is 11.0. The Bertz CT molecular complexity index is 1150. The lowest BCUT2D eigenvalue weighted by molar-refractivity contribution is 0.0446. The molecule has 2 aliphatic rings. The molecule has 2 aromatic carbocycles. The van der Waals surface area contributed by atoms with Gasteiger partial charge in [0, 0.05) is 63.8 Å². The second kappa shape index (κ2) is 13.3. The SMILES string of the molecule is Cn1cccc1/C=C/c1ccccc1OCC(O)CN1CCN(Cc2ccc(C3CCCCC3)cc2)CC1. The summed E-state index contributed by atoms with van der Waals surface area (Å²) < 4.78 is 8.13. The fourth-order valence-corrected chi connectivity index (χ4v) is 5.83. The summed E-state index contributed by atoms with van der Waals surface area (Å²) >= 11 is 0. The monoisotopic (exact) mass is 513 g/mol. The van der Waals surface area contributed by atoms with E-state index in [1.165, 1.54) is 43.2 Å². The van der Waals surface area contributed by atoms with Gasteiger partial charge >= 0.3 is 0 Å². The molecule has 5 rings (SSSR count). The van der Waals surface area contributed by atoms with E-state index in [-0.39, 0.29) is 0 Å². The van der Waals surface area contributed by atoms with Gasteiger partial charge in [0.2, 0.25) is 0 Å². The fourth-order valence-electron chi connectivity index (χ4n) is 5.83. The molecule has 1 atom stereocenters. The van der Waals surface area contributed by atoms with Crippen LogP contribution in [0.5, 0.6) is 5.75 Å². The zero-order valence-corrected chi connectivity index (χ0v) is 22.8. The number of ether oxygens (including phenoxy) is 1. The Morgan fingerprint density at radius 1 is 0.868 bits per heavy atom. The average Bonchev–Trinajstić information content (AvgIpc) is 3.37. The third-order valence-electron chi connectivity index (χ3n) is 8.16. The average molecular weight is 514 g/mol. The number of aryl methyl sites for hydroxylation is 1. The molecule has 5 nitrogen and oxygen atoms in total. The van der Waals surface area contributed by atoms with Crippen LogP contribution < -0.4 is 4.74 Å². The van der Waals surface area contributed by atoms with Gasteiger partial charge in [0.05, 0.1) is 0 Å². The van der Waals surface area contributed by atoms with Crippen LogP contribution in [0.3, 0.4) is 0 Å². The Morgan fingerprint density at radius 2 is 1.61 bits per heavy atom. The van der Waals surface area contributed by atoms with Crippen LogP contribution in [0.1, 0.15) is 60.4 Å². The molecule has 1 saturated heterocycles. The van der Waals surface area contributed by atoms with E-state index in [1.54, 1.807) is 0 Å². The molecule has 5 heteroatoms. The predicted octanol–water partition coefficient (Wildman–Crippen LogP) is 5.80. The molecular weight excluding hydrogens is 470 g/mol. The number of piperazine rings is 1. The molecule has 1 N–H and O–H groups in total. The van der Waals surface area contributed by atoms with E-state index in [2.05, 4.69) is 56.9 Å². The van der Waals surface area contributed by atoms with Crippen molar-refractivity contribution in [1.82, 2.24) is 14.4 Å². The predicted molar refractivity (Wildman–Crippen MR) is 156 cm³/mol. The van der Waals surface area contributed by atoms with E-state index in [0.29, 0.717) is 13.2 Å². The maximum Gasteiger partial charge on any atom is 0.126 e. The molecule has 1 aliphatic carbocycles. The van der Waals surface area contributed by atoms with Gasteiger partial charge < -0.3 is 14.4 Å². The minimum Gasteiger partial charge on any atom is -0.490 e. The molecule has 1 aliphatic heterocycles. The molecular formula is C33H43N3O2. The van der Waals surface area contributed by atoms with Crippen molar-refractivity contribution in [1.29, 1.82) is 0 Å². The summed E-state index contributed by atoms with van der Waals surface area (Å²) in [5.74, 6) is 1.58. The van der Waals surface area contributed by atoms with Crippen molar-refractivity contribution in [2.45, 2.75) is 50.7 Å². The van der Waals surface area contributed by atoms with Crippen LogP contribution in [-0.2, 0) is 13.6 Å². The standard InChI is InChI=1S/C33H43N3O2/c1-34-19-7-11-31(34)18-17-30-10-5-6-12-33(30)38-26-32(37)25-36-22-20-35(21-23-36)24-27-13-15-29(16-14-27)28-8-3-2-4-9-28/h5-7,10-19,28,32,37H,2-4,8-9,20-26H2,1H3/b18-17+. The number of hydrogen-bond donors (Lipinski definition) is 1.